The standard InChI is InChI=1S/C13H18N2/c1-11-7-5-6-8-13(11)9-12(2)14-10-15(3)4/h5-11H,2H2,1,3-4H3/b13-9-,14-10-. The fraction of sp³-hybridized carbons (Fsp3) is 0.308. The monoisotopic (exact) mass is 202 g/mol. The fourth-order valence-corrected chi connectivity index (χ4v) is 1.26. The molecule has 0 saturated carbocycles. The summed E-state index contributed by atoms with van der Waals surface area (Å²) >= 11 is 0. The van der Waals surface area contributed by atoms with E-state index in [0.29, 0.717) is 5.92 Å². The normalized spacial score (nSPS) is 22.6. The number of nitrogens with zero attached hydrogens (tertiary/aromatic N) is 2. The van der Waals surface area contributed by atoms with Crippen LogP contribution >= 0.6 is 0 Å². The molecule has 0 aromatic carbocycles. The van der Waals surface area contributed by atoms with Crippen molar-refractivity contribution in [3.05, 3.63) is 48.2 Å². The highest BCUT2D eigenvalue weighted by molar-refractivity contribution is 5.56. The summed E-state index contributed by atoms with van der Waals surface area (Å²) in [6.45, 7) is 6.06. The molecule has 2 heteroatoms. The molecule has 0 spiro atoms. The molecule has 1 aliphatic carbocycles. The first kappa shape index (κ1) is 11.5. The van der Waals surface area contributed by atoms with Gasteiger partial charge in [-0.25, -0.2) is 4.99 Å². The van der Waals surface area contributed by atoms with Gasteiger partial charge in [0.2, 0.25) is 0 Å². The Bertz CT molecular complexity index is 344. The van der Waals surface area contributed by atoms with Crippen LogP contribution < -0.4 is 0 Å². The summed E-state index contributed by atoms with van der Waals surface area (Å²) in [5, 5.41) is 0. The maximum atomic E-state index is 4.22. The molecule has 0 fully saturated rings. The Morgan fingerprint density at radius 3 is 2.80 bits per heavy atom. The topological polar surface area (TPSA) is 15.6 Å². The van der Waals surface area contributed by atoms with Gasteiger partial charge in [0.15, 0.2) is 0 Å². The van der Waals surface area contributed by atoms with E-state index >= 15 is 0 Å². The summed E-state index contributed by atoms with van der Waals surface area (Å²) in [4.78, 5) is 6.12. The van der Waals surface area contributed by atoms with Crippen molar-refractivity contribution < 1.29 is 0 Å². The van der Waals surface area contributed by atoms with Crippen molar-refractivity contribution in [2.24, 2.45) is 10.9 Å². The van der Waals surface area contributed by atoms with Crippen molar-refractivity contribution in [1.29, 1.82) is 0 Å². The summed E-state index contributed by atoms with van der Waals surface area (Å²) in [6.07, 6.45) is 12.1. The van der Waals surface area contributed by atoms with Gasteiger partial charge in [0.1, 0.15) is 0 Å². The fourth-order valence-electron chi connectivity index (χ4n) is 1.26. The third kappa shape index (κ3) is 3.98. The van der Waals surface area contributed by atoms with Crippen molar-refractivity contribution in [3.63, 3.8) is 0 Å². The molecule has 1 rings (SSSR count). The molecule has 1 unspecified atom stereocenters. The Kier molecular flexibility index (Phi) is 4.10. The van der Waals surface area contributed by atoms with E-state index in [9.17, 15) is 0 Å². The average Bonchev–Trinajstić information content (AvgIpc) is 2.18. The Balaban J connectivity index is 2.67. The van der Waals surface area contributed by atoms with Crippen molar-refractivity contribution in [3.8, 4) is 0 Å². The number of hydrogen-bond donors (Lipinski definition) is 0. The lowest BCUT2D eigenvalue weighted by molar-refractivity contribution is 0.642. The molecular weight excluding hydrogens is 184 g/mol. The second-order valence-electron chi connectivity index (χ2n) is 3.88. The van der Waals surface area contributed by atoms with Gasteiger partial charge in [-0.15, -0.1) is 0 Å². The van der Waals surface area contributed by atoms with Gasteiger partial charge in [-0.1, -0.05) is 37.8 Å². The zero-order valence-electron chi connectivity index (χ0n) is 9.64. The summed E-state index contributed by atoms with van der Waals surface area (Å²) in [7, 11) is 3.88. The average molecular weight is 202 g/mol. The lowest BCUT2D eigenvalue weighted by atomic mass is 9.96. The van der Waals surface area contributed by atoms with Gasteiger partial charge < -0.3 is 4.90 Å². The van der Waals surface area contributed by atoms with Gasteiger partial charge in [-0.05, 0) is 17.6 Å². The van der Waals surface area contributed by atoms with E-state index in [2.05, 4.69) is 36.7 Å². The summed E-state index contributed by atoms with van der Waals surface area (Å²) in [5.41, 5.74) is 2.03. The van der Waals surface area contributed by atoms with Crippen LogP contribution in [0.4, 0.5) is 0 Å². The van der Waals surface area contributed by atoms with Crippen LogP contribution in [0.2, 0.25) is 0 Å². The molecule has 0 N–H and O–H groups in total. The van der Waals surface area contributed by atoms with E-state index in [-0.39, 0.29) is 0 Å². The van der Waals surface area contributed by atoms with Gasteiger partial charge in [-0.3, -0.25) is 0 Å². The van der Waals surface area contributed by atoms with Gasteiger partial charge >= 0.3 is 0 Å². The summed E-state index contributed by atoms with van der Waals surface area (Å²) < 4.78 is 0. The second kappa shape index (κ2) is 5.35. The zero-order chi connectivity index (χ0) is 11.3. The molecule has 0 radical (unpaired) electrons. The quantitative estimate of drug-likeness (QED) is 0.507. The molecule has 15 heavy (non-hydrogen) atoms. The Morgan fingerprint density at radius 2 is 2.20 bits per heavy atom. The van der Waals surface area contributed by atoms with Crippen LogP contribution in [-0.2, 0) is 0 Å². The minimum Gasteiger partial charge on any atom is -0.369 e. The molecule has 0 aromatic heterocycles. The number of rotatable bonds is 3. The van der Waals surface area contributed by atoms with E-state index < -0.39 is 0 Å². The van der Waals surface area contributed by atoms with Crippen LogP contribution in [0.5, 0.6) is 0 Å². The molecule has 80 valence electrons. The minimum atomic E-state index is 0.446. The maximum absolute atomic E-state index is 4.22. The minimum absolute atomic E-state index is 0.446. The molecule has 0 amide bonds. The maximum Gasteiger partial charge on any atom is 0.0906 e. The Morgan fingerprint density at radius 1 is 1.47 bits per heavy atom. The zero-order valence-corrected chi connectivity index (χ0v) is 9.64. The SMILES string of the molecule is C=C(/C=C1/C=CC=CC1C)/N=C\N(C)C. The van der Waals surface area contributed by atoms with Crippen LogP contribution in [0.15, 0.2) is 53.2 Å². The largest absolute Gasteiger partial charge is 0.369 e. The van der Waals surface area contributed by atoms with Crippen molar-refractivity contribution >= 4 is 6.34 Å². The van der Waals surface area contributed by atoms with E-state index in [0.717, 1.165) is 5.70 Å². The van der Waals surface area contributed by atoms with Crippen LogP contribution in [0, 0.1) is 5.92 Å². The van der Waals surface area contributed by atoms with E-state index in [1.807, 2.05) is 31.1 Å². The summed E-state index contributed by atoms with van der Waals surface area (Å²) in [6, 6.07) is 0. The Labute approximate surface area is 92.0 Å². The summed E-state index contributed by atoms with van der Waals surface area (Å²) in [5.74, 6) is 0.446. The molecule has 0 aliphatic heterocycles. The predicted octanol–water partition coefficient (Wildman–Crippen LogP) is 2.78. The first-order valence-corrected chi connectivity index (χ1v) is 5.05. The second-order valence-corrected chi connectivity index (χ2v) is 3.88. The first-order valence-electron chi connectivity index (χ1n) is 5.05. The predicted molar refractivity (Wildman–Crippen MR) is 66.8 cm³/mol. The Hall–Kier alpha value is -1.57. The molecule has 0 heterocycles. The third-order valence-corrected chi connectivity index (χ3v) is 2.11. The first-order chi connectivity index (χ1) is 7.09. The molecule has 1 atom stereocenters. The van der Waals surface area contributed by atoms with Crippen molar-refractivity contribution in [2.75, 3.05) is 14.1 Å². The number of hydrogen-bond acceptors (Lipinski definition) is 1. The van der Waals surface area contributed by atoms with Crippen molar-refractivity contribution in [2.45, 2.75) is 6.92 Å². The van der Waals surface area contributed by atoms with Crippen LogP contribution in [0.25, 0.3) is 0 Å². The highest BCUT2D eigenvalue weighted by Gasteiger charge is 2.04. The van der Waals surface area contributed by atoms with E-state index in [1.165, 1.54) is 5.57 Å². The molecule has 0 bridgehead atoms. The van der Waals surface area contributed by atoms with Gasteiger partial charge in [0, 0.05) is 14.1 Å². The number of allylic oxidation sites excluding steroid dienone is 6. The lowest BCUT2D eigenvalue weighted by Crippen LogP contribution is -2.07. The van der Waals surface area contributed by atoms with Gasteiger partial charge in [-0.2, -0.15) is 0 Å². The van der Waals surface area contributed by atoms with E-state index in [1.54, 1.807) is 6.34 Å². The van der Waals surface area contributed by atoms with Gasteiger partial charge in [0.25, 0.3) is 0 Å². The molecule has 1 aliphatic rings. The van der Waals surface area contributed by atoms with Crippen LogP contribution in [0.3, 0.4) is 0 Å². The van der Waals surface area contributed by atoms with Gasteiger partial charge in [0.05, 0.1) is 12.0 Å². The molecule has 0 aromatic rings. The van der Waals surface area contributed by atoms with Crippen LogP contribution in [0.1, 0.15) is 6.92 Å². The highest BCUT2D eigenvalue weighted by atomic mass is 15.1. The molecule has 2 nitrogen and oxygen atoms in total. The molecular formula is C13H18N2. The number of aliphatic imine (C=N–C) groups is 1. The lowest BCUT2D eigenvalue weighted by Gasteiger charge is -2.11. The third-order valence-electron chi connectivity index (χ3n) is 2.11. The smallest absolute Gasteiger partial charge is 0.0906 e. The van der Waals surface area contributed by atoms with E-state index in [4.69, 9.17) is 0 Å². The molecule has 0 saturated heterocycles. The van der Waals surface area contributed by atoms with Crippen molar-refractivity contribution in [1.82, 2.24) is 4.90 Å². The highest BCUT2D eigenvalue weighted by Crippen LogP contribution is 2.19. The van der Waals surface area contributed by atoms with Crippen LogP contribution in [-0.4, -0.2) is 25.3 Å².